The zero-order chi connectivity index (χ0) is 22.8. The second-order valence-corrected chi connectivity index (χ2v) is 9.80. The van der Waals surface area contributed by atoms with Crippen molar-refractivity contribution in [2.75, 3.05) is 5.32 Å². The summed E-state index contributed by atoms with van der Waals surface area (Å²) in [5.74, 6) is 1.29. The standard InChI is InChI=1S/C24H19N5O2S2/c25-33(30,31)19-10-8-16(9-11-19)13-27-23-21-20(17-5-2-1-3-6-17)15-32-24(21)29-22(28-23)18-7-4-12-26-14-18/h1-12,14-15H,13H2,(H2,25,30,31)(H,27,28,29). The van der Waals surface area contributed by atoms with Gasteiger partial charge < -0.3 is 5.32 Å². The fraction of sp³-hybridized carbons (Fsp3) is 0.0417. The minimum Gasteiger partial charge on any atom is -0.365 e. The van der Waals surface area contributed by atoms with Crippen LogP contribution >= 0.6 is 11.3 Å². The Balaban J connectivity index is 1.56. The van der Waals surface area contributed by atoms with Gasteiger partial charge in [-0.05, 0) is 35.4 Å². The summed E-state index contributed by atoms with van der Waals surface area (Å²) in [5, 5.41) is 11.7. The number of aromatic nitrogens is 3. The molecule has 7 nitrogen and oxygen atoms in total. The van der Waals surface area contributed by atoms with Crippen LogP contribution in [0.15, 0.2) is 89.4 Å². The molecule has 33 heavy (non-hydrogen) atoms. The molecule has 0 saturated heterocycles. The maximum atomic E-state index is 11.5. The van der Waals surface area contributed by atoms with Crippen molar-refractivity contribution in [2.45, 2.75) is 11.4 Å². The molecule has 0 unspecified atom stereocenters. The predicted octanol–water partition coefficient (Wildman–Crippen LogP) is 4.68. The number of primary sulfonamides is 1. The number of nitrogens with zero attached hydrogens (tertiary/aromatic N) is 3. The minimum absolute atomic E-state index is 0.0822. The molecular weight excluding hydrogens is 454 g/mol. The number of nitrogens with two attached hydrogens (primary N) is 1. The molecule has 0 fully saturated rings. The molecule has 3 heterocycles. The number of sulfonamides is 1. The van der Waals surface area contributed by atoms with Crippen molar-refractivity contribution in [3.63, 3.8) is 0 Å². The number of anilines is 1. The van der Waals surface area contributed by atoms with E-state index in [2.05, 4.69) is 27.8 Å². The number of benzene rings is 2. The van der Waals surface area contributed by atoms with Crippen molar-refractivity contribution in [3.8, 4) is 22.5 Å². The Morgan fingerprint density at radius 3 is 2.36 bits per heavy atom. The van der Waals surface area contributed by atoms with Crippen molar-refractivity contribution in [1.29, 1.82) is 0 Å². The van der Waals surface area contributed by atoms with Gasteiger partial charge in [-0.3, -0.25) is 4.98 Å². The van der Waals surface area contributed by atoms with E-state index in [0.29, 0.717) is 18.2 Å². The van der Waals surface area contributed by atoms with Crippen LogP contribution in [0.5, 0.6) is 0 Å². The van der Waals surface area contributed by atoms with Crippen LogP contribution in [0.25, 0.3) is 32.7 Å². The molecule has 0 amide bonds. The lowest BCUT2D eigenvalue weighted by molar-refractivity contribution is 0.598. The number of pyridine rings is 1. The van der Waals surface area contributed by atoms with E-state index in [1.54, 1.807) is 35.9 Å². The summed E-state index contributed by atoms with van der Waals surface area (Å²) in [4.78, 5) is 14.8. The lowest BCUT2D eigenvalue weighted by atomic mass is 10.1. The zero-order valence-electron chi connectivity index (χ0n) is 17.3. The van der Waals surface area contributed by atoms with Crippen LogP contribution in [0.3, 0.4) is 0 Å². The van der Waals surface area contributed by atoms with E-state index in [9.17, 15) is 8.42 Å². The van der Waals surface area contributed by atoms with Gasteiger partial charge in [-0.15, -0.1) is 11.3 Å². The first-order valence-corrected chi connectivity index (χ1v) is 12.5. The Bertz CT molecular complexity index is 1520. The third-order valence-corrected chi connectivity index (χ3v) is 6.95. The fourth-order valence-electron chi connectivity index (χ4n) is 3.51. The SMILES string of the molecule is NS(=O)(=O)c1ccc(CNc2nc(-c3cccnc3)nc3scc(-c4ccccc4)c23)cc1. The van der Waals surface area contributed by atoms with E-state index in [0.717, 1.165) is 32.5 Å². The van der Waals surface area contributed by atoms with Crippen LogP contribution in [0.2, 0.25) is 0 Å². The largest absolute Gasteiger partial charge is 0.365 e. The number of fused-ring (bicyclic) bond motifs is 1. The zero-order valence-corrected chi connectivity index (χ0v) is 19.0. The highest BCUT2D eigenvalue weighted by molar-refractivity contribution is 7.89. The smallest absolute Gasteiger partial charge is 0.238 e. The summed E-state index contributed by atoms with van der Waals surface area (Å²) in [5.41, 5.74) is 3.87. The number of hydrogen-bond acceptors (Lipinski definition) is 7. The van der Waals surface area contributed by atoms with Gasteiger partial charge in [0.05, 0.1) is 10.3 Å². The quantitative estimate of drug-likeness (QED) is 0.370. The van der Waals surface area contributed by atoms with Gasteiger partial charge >= 0.3 is 0 Å². The summed E-state index contributed by atoms with van der Waals surface area (Å²) in [7, 11) is -3.73. The molecule has 0 aliphatic carbocycles. The van der Waals surface area contributed by atoms with Crippen LogP contribution in [0.1, 0.15) is 5.56 Å². The Hall–Kier alpha value is -3.66. The second kappa shape index (κ2) is 8.70. The molecule has 2 aromatic carbocycles. The van der Waals surface area contributed by atoms with Gasteiger partial charge in [-0.1, -0.05) is 42.5 Å². The molecule has 0 aliphatic rings. The summed E-state index contributed by atoms with van der Waals surface area (Å²) < 4.78 is 23.1. The topological polar surface area (TPSA) is 111 Å². The molecule has 0 saturated carbocycles. The van der Waals surface area contributed by atoms with E-state index < -0.39 is 10.0 Å². The lowest BCUT2D eigenvalue weighted by Gasteiger charge is -2.11. The van der Waals surface area contributed by atoms with Crippen LogP contribution in [-0.4, -0.2) is 23.4 Å². The Labute approximate surface area is 195 Å². The van der Waals surface area contributed by atoms with Gasteiger partial charge in [0.1, 0.15) is 10.6 Å². The first kappa shape index (κ1) is 21.2. The van der Waals surface area contributed by atoms with Crippen molar-refractivity contribution in [2.24, 2.45) is 5.14 Å². The number of nitrogens with one attached hydrogen (secondary N) is 1. The highest BCUT2D eigenvalue weighted by Gasteiger charge is 2.16. The molecular formula is C24H19N5O2S2. The van der Waals surface area contributed by atoms with Gasteiger partial charge in [0.25, 0.3) is 0 Å². The van der Waals surface area contributed by atoms with E-state index in [1.165, 1.54) is 12.1 Å². The molecule has 0 bridgehead atoms. The van der Waals surface area contributed by atoms with Gasteiger partial charge in [-0.2, -0.15) is 0 Å². The van der Waals surface area contributed by atoms with Crippen molar-refractivity contribution in [1.82, 2.24) is 15.0 Å². The average molecular weight is 474 g/mol. The Morgan fingerprint density at radius 2 is 1.67 bits per heavy atom. The maximum Gasteiger partial charge on any atom is 0.238 e. The molecule has 0 radical (unpaired) electrons. The van der Waals surface area contributed by atoms with E-state index in [1.807, 2.05) is 30.3 Å². The summed E-state index contributed by atoms with van der Waals surface area (Å²) in [6.07, 6.45) is 3.45. The van der Waals surface area contributed by atoms with Gasteiger partial charge in [0, 0.05) is 35.4 Å². The normalized spacial score (nSPS) is 11.5. The summed E-state index contributed by atoms with van der Waals surface area (Å²) >= 11 is 1.57. The highest BCUT2D eigenvalue weighted by Crippen LogP contribution is 2.38. The maximum absolute atomic E-state index is 11.5. The third-order valence-electron chi connectivity index (χ3n) is 5.15. The van der Waals surface area contributed by atoms with E-state index >= 15 is 0 Å². The number of rotatable bonds is 6. The first-order valence-electron chi connectivity index (χ1n) is 10.1. The van der Waals surface area contributed by atoms with Crippen LogP contribution in [0, 0.1) is 0 Å². The lowest BCUT2D eigenvalue weighted by Crippen LogP contribution is -2.12. The molecule has 0 aliphatic heterocycles. The average Bonchev–Trinajstić information content (AvgIpc) is 3.28. The predicted molar refractivity (Wildman–Crippen MR) is 131 cm³/mol. The van der Waals surface area contributed by atoms with E-state index in [-0.39, 0.29) is 4.90 Å². The van der Waals surface area contributed by atoms with Crippen molar-refractivity contribution in [3.05, 3.63) is 90.1 Å². The molecule has 0 spiro atoms. The second-order valence-electron chi connectivity index (χ2n) is 7.38. The van der Waals surface area contributed by atoms with Crippen LogP contribution < -0.4 is 10.5 Å². The van der Waals surface area contributed by atoms with Gasteiger partial charge in [-0.25, -0.2) is 23.5 Å². The molecule has 5 aromatic rings. The van der Waals surface area contributed by atoms with Crippen molar-refractivity contribution < 1.29 is 8.42 Å². The summed E-state index contributed by atoms with van der Waals surface area (Å²) in [6.45, 7) is 0.452. The molecule has 5 rings (SSSR count). The number of thiophene rings is 1. The molecule has 3 aromatic heterocycles. The van der Waals surface area contributed by atoms with Gasteiger partial charge in [0.15, 0.2) is 5.82 Å². The van der Waals surface area contributed by atoms with Crippen LogP contribution in [0.4, 0.5) is 5.82 Å². The molecule has 164 valence electrons. The third kappa shape index (κ3) is 4.47. The minimum atomic E-state index is -3.73. The molecule has 9 heteroatoms. The Morgan fingerprint density at radius 1 is 0.909 bits per heavy atom. The fourth-order valence-corrected chi connectivity index (χ4v) is 4.97. The molecule has 0 atom stereocenters. The van der Waals surface area contributed by atoms with Crippen molar-refractivity contribution >= 4 is 37.4 Å². The van der Waals surface area contributed by atoms with Gasteiger partial charge in [0.2, 0.25) is 10.0 Å². The monoisotopic (exact) mass is 473 g/mol. The van der Waals surface area contributed by atoms with E-state index in [4.69, 9.17) is 15.1 Å². The highest BCUT2D eigenvalue weighted by atomic mass is 32.2. The first-order chi connectivity index (χ1) is 16.0. The Kier molecular flexibility index (Phi) is 5.59. The summed E-state index contributed by atoms with van der Waals surface area (Å²) in [6, 6.07) is 20.4. The number of hydrogen-bond donors (Lipinski definition) is 2. The molecule has 3 N–H and O–H groups in total. The van der Waals surface area contributed by atoms with Crippen LogP contribution in [-0.2, 0) is 16.6 Å².